The van der Waals surface area contributed by atoms with Crippen LogP contribution in [-0.2, 0) is 14.3 Å². The SMILES string of the molecule is C=S(=O)(CCC)c1ccccc1Nc1nc(Nc2ccc(C(=O)N3CCOCC3)cc2OC)ncc1Cl. The maximum Gasteiger partial charge on any atom is 0.254 e. The first kappa shape index (κ1) is 26.7. The largest absolute Gasteiger partial charge is 0.495 e. The molecule has 1 saturated heterocycles. The summed E-state index contributed by atoms with van der Waals surface area (Å²) in [7, 11) is -0.950. The van der Waals surface area contributed by atoms with Gasteiger partial charge in [-0.05, 0) is 52.1 Å². The highest BCUT2D eigenvalue weighted by atomic mass is 35.5. The van der Waals surface area contributed by atoms with Gasteiger partial charge in [-0.1, -0.05) is 30.7 Å². The van der Waals surface area contributed by atoms with Crippen molar-refractivity contribution in [2.24, 2.45) is 0 Å². The van der Waals surface area contributed by atoms with E-state index in [0.29, 0.717) is 70.5 Å². The Balaban J connectivity index is 1.57. The van der Waals surface area contributed by atoms with Crippen LogP contribution in [0.25, 0.3) is 0 Å². The minimum Gasteiger partial charge on any atom is -0.495 e. The number of benzene rings is 2. The molecule has 1 aliphatic rings. The number of para-hydroxylation sites is 1. The van der Waals surface area contributed by atoms with E-state index in [-0.39, 0.29) is 11.9 Å². The standard InChI is InChI=1S/C26H30ClN5O4S/c1-4-15-37(3,34)23-8-6-5-7-21(23)29-24-19(27)17-28-26(31-24)30-20-10-9-18(16-22(20)35-2)25(33)32-11-13-36-14-12-32/h5-10,16-17H,3-4,11-15H2,1-2H3,(H2,28,29,30,31). The molecule has 1 fully saturated rings. The van der Waals surface area contributed by atoms with Crippen LogP contribution in [0.15, 0.2) is 53.6 Å². The highest BCUT2D eigenvalue weighted by Gasteiger charge is 2.20. The van der Waals surface area contributed by atoms with Gasteiger partial charge < -0.3 is 25.0 Å². The molecule has 0 spiro atoms. The van der Waals surface area contributed by atoms with E-state index < -0.39 is 9.52 Å². The number of rotatable bonds is 9. The van der Waals surface area contributed by atoms with Crippen LogP contribution < -0.4 is 15.4 Å². The predicted molar refractivity (Wildman–Crippen MR) is 148 cm³/mol. The quantitative estimate of drug-likeness (QED) is 0.378. The number of carbonyl (C=O) groups is 1. The predicted octanol–water partition coefficient (Wildman–Crippen LogP) is 4.58. The molecule has 2 aromatic carbocycles. The van der Waals surface area contributed by atoms with Crippen LogP contribution >= 0.6 is 11.6 Å². The first-order valence-corrected chi connectivity index (χ1v) is 14.2. The Kier molecular flexibility index (Phi) is 8.52. The Bertz CT molecular complexity index is 1380. The molecule has 0 radical (unpaired) electrons. The van der Waals surface area contributed by atoms with Crippen molar-refractivity contribution < 1.29 is 18.5 Å². The van der Waals surface area contributed by atoms with Crippen molar-refractivity contribution >= 4 is 56.0 Å². The lowest BCUT2D eigenvalue weighted by molar-refractivity contribution is 0.0302. The summed E-state index contributed by atoms with van der Waals surface area (Å²) < 4.78 is 24.0. The lowest BCUT2D eigenvalue weighted by atomic mass is 10.1. The molecule has 1 unspecified atom stereocenters. The number of aromatic nitrogens is 2. The lowest BCUT2D eigenvalue weighted by Gasteiger charge is -2.27. The van der Waals surface area contributed by atoms with E-state index in [1.165, 1.54) is 13.3 Å². The summed E-state index contributed by atoms with van der Waals surface area (Å²) in [5, 5.41) is 6.61. The van der Waals surface area contributed by atoms with Gasteiger partial charge in [0.25, 0.3) is 5.91 Å². The first-order chi connectivity index (χ1) is 17.8. The Morgan fingerprint density at radius 3 is 2.68 bits per heavy atom. The molecule has 37 heavy (non-hydrogen) atoms. The summed E-state index contributed by atoms with van der Waals surface area (Å²) in [6.45, 7) is 4.14. The molecule has 0 bridgehead atoms. The van der Waals surface area contributed by atoms with Crippen molar-refractivity contribution in [2.75, 3.05) is 49.8 Å². The monoisotopic (exact) mass is 543 g/mol. The summed E-state index contributed by atoms with van der Waals surface area (Å²) >= 11 is 6.39. The van der Waals surface area contributed by atoms with E-state index in [0.717, 1.165) is 6.42 Å². The zero-order valence-electron chi connectivity index (χ0n) is 20.8. The fourth-order valence-electron chi connectivity index (χ4n) is 3.97. The van der Waals surface area contributed by atoms with E-state index in [4.69, 9.17) is 21.1 Å². The Morgan fingerprint density at radius 2 is 1.95 bits per heavy atom. The molecule has 1 aromatic heterocycles. The third-order valence-corrected chi connectivity index (χ3v) is 8.31. The molecule has 1 atom stereocenters. The molecule has 1 aliphatic heterocycles. The van der Waals surface area contributed by atoms with Crippen molar-refractivity contribution in [1.82, 2.24) is 14.9 Å². The molecule has 1 amide bonds. The number of morpholine rings is 1. The zero-order valence-corrected chi connectivity index (χ0v) is 22.4. The minimum atomic E-state index is -2.48. The average Bonchev–Trinajstić information content (AvgIpc) is 2.91. The van der Waals surface area contributed by atoms with Gasteiger partial charge in [0.05, 0.1) is 42.8 Å². The van der Waals surface area contributed by atoms with Crippen LogP contribution in [0.4, 0.5) is 23.1 Å². The highest BCUT2D eigenvalue weighted by Crippen LogP contribution is 2.32. The number of ether oxygens (including phenoxy) is 2. The van der Waals surface area contributed by atoms with Crippen LogP contribution in [0.2, 0.25) is 5.02 Å². The molecule has 2 heterocycles. The van der Waals surface area contributed by atoms with Crippen LogP contribution in [0.5, 0.6) is 5.75 Å². The normalized spacial score (nSPS) is 15.1. The van der Waals surface area contributed by atoms with Crippen molar-refractivity contribution in [3.63, 3.8) is 0 Å². The van der Waals surface area contributed by atoms with Gasteiger partial charge in [-0.15, -0.1) is 0 Å². The highest BCUT2D eigenvalue weighted by molar-refractivity contribution is 8.00. The molecule has 9 nitrogen and oxygen atoms in total. The zero-order chi connectivity index (χ0) is 26.4. The lowest BCUT2D eigenvalue weighted by Crippen LogP contribution is -2.40. The fourth-order valence-corrected chi connectivity index (χ4v) is 5.84. The molecular weight excluding hydrogens is 514 g/mol. The molecule has 3 aromatic rings. The molecule has 4 rings (SSSR count). The number of carbonyl (C=O) groups excluding carboxylic acids is 1. The van der Waals surface area contributed by atoms with Crippen molar-refractivity contribution in [1.29, 1.82) is 0 Å². The van der Waals surface area contributed by atoms with E-state index in [1.807, 2.05) is 25.1 Å². The Morgan fingerprint density at radius 1 is 1.19 bits per heavy atom. The van der Waals surface area contributed by atoms with Gasteiger partial charge in [-0.25, -0.2) is 4.98 Å². The van der Waals surface area contributed by atoms with Crippen LogP contribution in [0, 0.1) is 0 Å². The third-order valence-electron chi connectivity index (χ3n) is 5.81. The van der Waals surface area contributed by atoms with E-state index in [9.17, 15) is 9.00 Å². The van der Waals surface area contributed by atoms with Crippen molar-refractivity contribution in [3.05, 3.63) is 59.2 Å². The molecule has 0 aliphatic carbocycles. The second-order valence-corrected chi connectivity index (χ2v) is 11.4. The topological polar surface area (TPSA) is 106 Å². The number of halogens is 1. The third kappa shape index (κ3) is 6.33. The van der Waals surface area contributed by atoms with Gasteiger partial charge >= 0.3 is 0 Å². The fraction of sp³-hybridized carbons (Fsp3) is 0.308. The van der Waals surface area contributed by atoms with Crippen LogP contribution in [0.3, 0.4) is 0 Å². The summed E-state index contributed by atoms with van der Waals surface area (Å²) in [6, 6.07) is 12.4. The van der Waals surface area contributed by atoms with Gasteiger partial charge in [0.1, 0.15) is 10.8 Å². The molecular formula is C26H30ClN5O4S. The van der Waals surface area contributed by atoms with Crippen molar-refractivity contribution in [2.45, 2.75) is 18.2 Å². The van der Waals surface area contributed by atoms with E-state index >= 15 is 0 Å². The summed E-state index contributed by atoms with van der Waals surface area (Å²) in [6.07, 6.45) is 2.22. The van der Waals surface area contributed by atoms with Gasteiger partial charge in [0.15, 0.2) is 5.82 Å². The minimum absolute atomic E-state index is 0.0777. The smallest absolute Gasteiger partial charge is 0.254 e. The maximum atomic E-state index is 13.2. The van der Waals surface area contributed by atoms with Gasteiger partial charge in [-0.2, -0.15) is 4.98 Å². The van der Waals surface area contributed by atoms with Gasteiger partial charge in [0, 0.05) is 24.4 Å². The van der Waals surface area contributed by atoms with Crippen molar-refractivity contribution in [3.8, 4) is 5.75 Å². The van der Waals surface area contributed by atoms with Crippen LogP contribution in [0.1, 0.15) is 23.7 Å². The molecule has 2 N–H and O–H groups in total. The first-order valence-electron chi connectivity index (χ1n) is 11.9. The van der Waals surface area contributed by atoms with Gasteiger partial charge in [0.2, 0.25) is 5.95 Å². The number of nitrogens with one attached hydrogen (secondary N) is 2. The second-order valence-electron chi connectivity index (χ2n) is 8.47. The summed E-state index contributed by atoms with van der Waals surface area (Å²) in [5.74, 6) is 5.43. The average molecular weight is 544 g/mol. The Hall–Kier alpha value is -3.34. The van der Waals surface area contributed by atoms with Gasteiger partial charge in [-0.3, -0.25) is 9.00 Å². The summed E-state index contributed by atoms with van der Waals surface area (Å²) in [4.78, 5) is 24.0. The summed E-state index contributed by atoms with van der Waals surface area (Å²) in [5.41, 5.74) is 1.72. The number of hydrogen-bond donors (Lipinski definition) is 2. The molecule has 196 valence electrons. The van der Waals surface area contributed by atoms with Crippen LogP contribution in [-0.4, -0.2) is 70.0 Å². The maximum absolute atomic E-state index is 13.2. The molecule has 11 heteroatoms. The molecule has 0 saturated carbocycles. The Labute approximate surface area is 222 Å². The number of nitrogens with zero attached hydrogens (tertiary/aromatic N) is 3. The number of anilines is 4. The van der Waals surface area contributed by atoms with E-state index in [2.05, 4.69) is 26.5 Å². The number of hydrogen-bond acceptors (Lipinski definition) is 8. The number of amides is 1. The van der Waals surface area contributed by atoms with E-state index in [1.54, 1.807) is 29.2 Å². The number of methoxy groups -OCH3 is 1. The second kappa shape index (κ2) is 11.8.